The van der Waals surface area contributed by atoms with E-state index < -0.39 is 9.61 Å². The summed E-state index contributed by atoms with van der Waals surface area (Å²) in [4.78, 5) is 0. The third-order valence-electron chi connectivity index (χ3n) is 4.05. The Balaban J connectivity index is 2.19. The number of allylic oxidation sites excluding steroid dienone is 1. The van der Waals surface area contributed by atoms with E-state index in [2.05, 4.69) is 41.8 Å². The summed E-state index contributed by atoms with van der Waals surface area (Å²) in [6.45, 7) is 2.07. The molecular weight excluding hydrogens is 240 g/mol. The molecule has 1 heterocycles. The van der Waals surface area contributed by atoms with Crippen molar-refractivity contribution in [1.29, 1.82) is 0 Å². The molecule has 0 amide bonds. The van der Waals surface area contributed by atoms with E-state index in [1.165, 1.54) is 25.7 Å². The van der Waals surface area contributed by atoms with Crippen LogP contribution in [0.15, 0.2) is 12.2 Å². The van der Waals surface area contributed by atoms with Crippen molar-refractivity contribution in [3.63, 3.8) is 0 Å². The lowest BCUT2D eigenvalue weighted by molar-refractivity contribution is 0.233. The van der Waals surface area contributed by atoms with Crippen molar-refractivity contribution in [2.75, 3.05) is 19.8 Å². The summed E-state index contributed by atoms with van der Waals surface area (Å²) < 4.78 is 4.94. The molecule has 2 atom stereocenters. The average molecular weight is 263 g/mol. The van der Waals surface area contributed by atoms with Crippen LogP contribution in [0.25, 0.3) is 0 Å². The van der Waals surface area contributed by atoms with Crippen molar-refractivity contribution >= 4 is 20.3 Å². The zero-order valence-corrected chi connectivity index (χ0v) is 12.1. The van der Waals surface area contributed by atoms with Gasteiger partial charge in [0, 0.05) is 17.8 Å². The van der Waals surface area contributed by atoms with Gasteiger partial charge < -0.3 is 0 Å². The second-order valence-electron chi connectivity index (χ2n) is 4.83. The fourth-order valence-corrected chi connectivity index (χ4v) is 6.48. The normalized spacial score (nSPS) is 37.8. The fraction of sp³-hybridized carbons (Fsp3) is 0.833. The average Bonchev–Trinajstić information content (AvgIpc) is 2.51. The number of rotatable bonds is 2. The number of hydrogen-bond acceptors (Lipinski definition) is 2. The van der Waals surface area contributed by atoms with Crippen LogP contribution in [0.5, 0.6) is 0 Å². The number of nitrogens with zero attached hydrogens (tertiary/aromatic N) is 2. The molecule has 0 unspecified atom stereocenters. The van der Waals surface area contributed by atoms with Crippen LogP contribution in [0, 0.1) is 0 Å². The molecule has 0 bridgehead atoms. The standard InChI is InChI=1S/C12H23ClN2S/c1-4-5-10-16(13)14(2)11-8-6-7-9-12(11)15(16)3/h4-5,11-12H,6-10H2,1-3H3/b5-4+/t11-,12-/m0/s1. The van der Waals surface area contributed by atoms with Gasteiger partial charge in [0.25, 0.3) is 0 Å². The van der Waals surface area contributed by atoms with E-state index in [4.69, 9.17) is 10.7 Å². The van der Waals surface area contributed by atoms with Crippen LogP contribution >= 0.6 is 20.3 Å². The highest BCUT2D eigenvalue weighted by atomic mass is 35.7. The van der Waals surface area contributed by atoms with E-state index in [1.54, 1.807) is 0 Å². The molecule has 0 aromatic carbocycles. The lowest BCUT2D eigenvalue weighted by Crippen LogP contribution is -2.37. The Morgan fingerprint density at radius 2 is 1.69 bits per heavy atom. The van der Waals surface area contributed by atoms with Gasteiger partial charge in [-0.2, -0.15) is 0 Å². The van der Waals surface area contributed by atoms with E-state index in [-0.39, 0.29) is 0 Å². The van der Waals surface area contributed by atoms with Gasteiger partial charge in [-0.25, -0.2) is 8.61 Å². The van der Waals surface area contributed by atoms with Gasteiger partial charge in [-0.15, -0.1) is 0 Å². The SMILES string of the molecule is C/C=C/CS1(Cl)N(C)[C@H]2CCCC[C@@H]2N1C. The first-order chi connectivity index (χ1) is 7.61. The molecule has 1 aliphatic carbocycles. The first kappa shape index (κ1) is 12.7. The highest BCUT2D eigenvalue weighted by Gasteiger charge is 2.49. The molecule has 2 fully saturated rings. The van der Waals surface area contributed by atoms with Gasteiger partial charge in [-0.3, -0.25) is 0 Å². The Hall–Kier alpha value is 0.300. The Bertz CT molecular complexity index is 264. The number of halogens is 1. The van der Waals surface area contributed by atoms with E-state index >= 15 is 0 Å². The molecular formula is C12H23ClN2S. The minimum atomic E-state index is -1.25. The second kappa shape index (κ2) is 4.89. The monoisotopic (exact) mass is 262 g/mol. The summed E-state index contributed by atoms with van der Waals surface area (Å²) >= 11 is 0. The molecule has 0 spiro atoms. The Labute approximate surface area is 106 Å². The van der Waals surface area contributed by atoms with E-state index in [9.17, 15) is 0 Å². The summed E-state index contributed by atoms with van der Waals surface area (Å²) in [5.41, 5.74) is 0. The van der Waals surface area contributed by atoms with E-state index in [0.717, 1.165) is 5.75 Å². The highest BCUT2D eigenvalue weighted by molar-refractivity contribution is 8.48. The lowest BCUT2D eigenvalue weighted by Gasteiger charge is -2.40. The Morgan fingerprint density at radius 1 is 1.19 bits per heavy atom. The highest BCUT2D eigenvalue weighted by Crippen LogP contribution is 2.66. The van der Waals surface area contributed by atoms with Crippen LogP contribution in [-0.4, -0.2) is 40.5 Å². The summed E-state index contributed by atoms with van der Waals surface area (Å²) in [7, 11) is 10.1. The molecule has 0 radical (unpaired) electrons. The van der Waals surface area contributed by atoms with Gasteiger partial charge in [0.15, 0.2) is 0 Å². The van der Waals surface area contributed by atoms with E-state index in [0.29, 0.717) is 12.1 Å². The zero-order valence-electron chi connectivity index (χ0n) is 10.5. The van der Waals surface area contributed by atoms with Crippen LogP contribution in [0.1, 0.15) is 32.6 Å². The van der Waals surface area contributed by atoms with Gasteiger partial charge in [0.05, 0.1) is 0 Å². The predicted octanol–water partition coefficient (Wildman–Crippen LogP) is 3.54. The van der Waals surface area contributed by atoms with Crippen molar-refractivity contribution in [3.05, 3.63) is 12.2 Å². The van der Waals surface area contributed by atoms with Crippen molar-refractivity contribution in [3.8, 4) is 0 Å². The molecule has 2 rings (SSSR count). The van der Waals surface area contributed by atoms with Gasteiger partial charge in [0.2, 0.25) is 0 Å². The molecule has 4 heteroatoms. The van der Waals surface area contributed by atoms with Crippen molar-refractivity contribution in [1.82, 2.24) is 8.61 Å². The number of hydrogen-bond donors (Lipinski definition) is 0. The Kier molecular flexibility index (Phi) is 3.89. The van der Waals surface area contributed by atoms with Crippen LogP contribution < -0.4 is 0 Å². The maximum Gasteiger partial charge on any atom is 0.0371 e. The van der Waals surface area contributed by atoms with Crippen LogP contribution in [0.2, 0.25) is 0 Å². The minimum Gasteiger partial charge on any atom is -0.242 e. The topological polar surface area (TPSA) is 6.48 Å². The molecule has 1 saturated heterocycles. The molecule has 0 N–H and O–H groups in total. The Morgan fingerprint density at radius 3 is 2.12 bits per heavy atom. The molecule has 94 valence electrons. The van der Waals surface area contributed by atoms with Gasteiger partial charge in [0.1, 0.15) is 0 Å². The lowest BCUT2D eigenvalue weighted by atomic mass is 9.91. The molecule has 0 aromatic rings. The van der Waals surface area contributed by atoms with Crippen LogP contribution in [0.4, 0.5) is 0 Å². The van der Waals surface area contributed by atoms with Gasteiger partial charge in [-0.05, 0) is 54.2 Å². The number of likely N-dealkylation sites (N-methyl/N-ethyl adjacent to an activating group) is 2. The van der Waals surface area contributed by atoms with Gasteiger partial charge in [-0.1, -0.05) is 25.0 Å². The summed E-state index contributed by atoms with van der Waals surface area (Å²) in [6, 6.07) is 1.38. The predicted molar refractivity (Wildman–Crippen MR) is 74.7 cm³/mol. The first-order valence-electron chi connectivity index (χ1n) is 6.19. The van der Waals surface area contributed by atoms with Crippen molar-refractivity contribution < 1.29 is 0 Å². The third kappa shape index (κ3) is 1.92. The van der Waals surface area contributed by atoms with Crippen LogP contribution in [-0.2, 0) is 0 Å². The first-order valence-corrected chi connectivity index (χ1v) is 8.73. The van der Waals surface area contributed by atoms with Crippen molar-refractivity contribution in [2.24, 2.45) is 0 Å². The largest absolute Gasteiger partial charge is 0.242 e. The van der Waals surface area contributed by atoms with Gasteiger partial charge >= 0.3 is 0 Å². The summed E-state index contributed by atoms with van der Waals surface area (Å²) in [5.74, 6) is 0.991. The third-order valence-corrected chi connectivity index (χ3v) is 8.66. The smallest absolute Gasteiger partial charge is 0.0371 e. The second-order valence-corrected chi connectivity index (χ2v) is 8.98. The molecule has 2 aliphatic rings. The van der Waals surface area contributed by atoms with Crippen molar-refractivity contribution in [2.45, 2.75) is 44.7 Å². The molecule has 1 saturated carbocycles. The van der Waals surface area contributed by atoms with Crippen LogP contribution in [0.3, 0.4) is 0 Å². The quantitative estimate of drug-likeness (QED) is 0.703. The minimum absolute atomic E-state index is 0.691. The molecule has 2 nitrogen and oxygen atoms in total. The number of fused-ring (bicyclic) bond motifs is 1. The summed E-state index contributed by atoms with van der Waals surface area (Å²) in [5, 5.41) is 0. The van der Waals surface area contributed by atoms with E-state index in [1.807, 2.05) is 0 Å². The molecule has 16 heavy (non-hydrogen) atoms. The maximum atomic E-state index is 6.91. The molecule has 0 aromatic heterocycles. The fourth-order valence-electron chi connectivity index (χ4n) is 3.01. The maximum absolute atomic E-state index is 6.91. The summed E-state index contributed by atoms with van der Waals surface area (Å²) in [6.07, 6.45) is 9.71. The molecule has 1 aliphatic heterocycles. The zero-order chi connectivity index (χ0) is 11.8.